The van der Waals surface area contributed by atoms with Gasteiger partial charge in [0.15, 0.2) is 0 Å². The molecule has 5 nitrogen and oxygen atoms in total. The highest BCUT2D eigenvalue weighted by atomic mass is 32.1. The van der Waals surface area contributed by atoms with Crippen molar-refractivity contribution in [3.05, 3.63) is 40.8 Å². The summed E-state index contributed by atoms with van der Waals surface area (Å²) in [7, 11) is 0. The Morgan fingerprint density at radius 1 is 1.24 bits per heavy atom. The minimum Gasteiger partial charge on any atom is -0.379 e. The van der Waals surface area contributed by atoms with Gasteiger partial charge in [-0.15, -0.1) is 11.3 Å². The van der Waals surface area contributed by atoms with Crippen LogP contribution in [-0.4, -0.2) is 55.2 Å². The zero-order valence-corrected chi connectivity index (χ0v) is 15.1. The molecular weight excluding hydrogens is 334 g/mol. The van der Waals surface area contributed by atoms with Crippen molar-refractivity contribution in [3.8, 4) is 0 Å². The number of thiophene rings is 1. The molecule has 0 aliphatic carbocycles. The number of benzene rings is 1. The standard InChI is InChI=1S/C19H21N3O2S/c1-13-2-3-14-11-15-12-17(25-19(15)21-16(14)10-13)18(23)20-4-5-22-6-8-24-9-7-22/h2-3,10-12H,4-9H2,1H3,(H,20,23). The largest absolute Gasteiger partial charge is 0.379 e. The lowest BCUT2D eigenvalue weighted by molar-refractivity contribution is 0.0383. The molecule has 0 spiro atoms. The number of nitrogens with zero attached hydrogens (tertiary/aromatic N) is 2. The summed E-state index contributed by atoms with van der Waals surface area (Å²) in [5.74, 6) is -0.0171. The highest BCUT2D eigenvalue weighted by molar-refractivity contribution is 7.20. The smallest absolute Gasteiger partial charge is 0.261 e. The van der Waals surface area contributed by atoms with E-state index in [1.807, 2.05) is 6.07 Å². The molecule has 0 radical (unpaired) electrons. The van der Waals surface area contributed by atoms with Crippen LogP contribution in [0.5, 0.6) is 0 Å². The van der Waals surface area contributed by atoms with Crippen LogP contribution < -0.4 is 5.32 Å². The normalized spacial score (nSPS) is 15.7. The topological polar surface area (TPSA) is 54.5 Å². The number of hydrogen-bond donors (Lipinski definition) is 1. The Hall–Kier alpha value is -2.02. The van der Waals surface area contributed by atoms with Crippen LogP contribution in [0.4, 0.5) is 0 Å². The van der Waals surface area contributed by atoms with Gasteiger partial charge in [-0.2, -0.15) is 0 Å². The Kier molecular flexibility index (Phi) is 4.65. The van der Waals surface area contributed by atoms with Gasteiger partial charge in [-0.05, 0) is 30.7 Å². The lowest BCUT2D eigenvalue weighted by atomic mass is 10.1. The quantitative estimate of drug-likeness (QED) is 0.782. The van der Waals surface area contributed by atoms with Gasteiger partial charge in [-0.3, -0.25) is 9.69 Å². The number of aromatic nitrogens is 1. The number of amides is 1. The van der Waals surface area contributed by atoms with Crippen LogP contribution in [0.1, 0.15) is 15.2 Å². The van der Waals surface area contributed by atoms with Gasteiger partial charge in [0, 0.05) is 37.0 Å². The summed E-state index contributed by atoms with van der Waals surface area (Å²) in [5.41, 5.74) is 2.17. The molecule has 25 heavy (non-hydrogen) atoms. The van der Waals surface area contributed by atoms with E-state index in [0.29, 0.717) is 6.54 Å². The van der Waals surface area contributed by atoms with Gasteiger partial charge >= 0.3 is 0 Å². The fourth-order valence-electron chi connectivity index (χ4n) is 3.09. The Morgan fingerprint density at radius 3 is 2.92 bits per heavy atom. The first kappa shape index (κ1) is 16.4. The van der Waals surface area contributed by atoms with Crippen LogP contribution in [0.15, 0.2) is 30.3 Å². The van der Waals surface area contributed by atoms with Crippen LogP contribution in [0.25, 0.3) is 21.1 Å². The van der Waals surface area contributed by atoms with Crippen molar-refractivity contribution in [1.29, 1.82) is 0 Å². The van der Waals surface area contributed by atoms with E-state index in [0.717, 1.165) is 58.8 Å². The van der Waals surface area contributed by atoms with Gasteiger partial charge in [0.2, 0.25) is 0 Å². The molecule has 3 aromatic rings. The molecule has 2 aromatic heterocycles. The first-order chi connectivity index (χ1) is 12.2. The summed E-state index contributed by atoms with van der Waals surface area (Å²) in [4.78, 5) is 21.1. The van der Waals surface area contributed by atoms with Crippen molar-refractivity contribution < 1.29 is 9.53 Å². The SMILES string of the molecule is Cc1ccc2cc3cc(C(=O)NCCN4CCOCC4)sc3nc2c1. The fraction of sp³-hybridized carbons (Fsp3) is 0.368. The van der Waals surface area contributed by atoms with Gasteiger partial charge in [0.25, 0.3) is 5.91 Å². The van der Waals surface area contributed by atoms with E-state index in [-0.39, 0.29) is 5.91 Å². The maximum Gasteiger partial charge on any atom is 0.261 e. The number of hydrogen-bond acceptors (Lipinski definition) is 5. The zero-order valence-electron chi connectivity index (χ0n) is 14.2. The van der Waals surface area contributed by atoms with Crippen molar-refractivity contribution in [2.45, 2.75) is 6.92 Å². The lowest BCUT2D eigenvalue weighted by Gasteiger charge is -2.26. The molecule has 4 rings (SSSR count). The second kappa shape index (κ2) is 7.07. The third kappa shape index (κ3) is 3.66. The fourth-order valence-corrected chi connectivity index (χ4v) is 4.03. The molecule has 1 N–H and O–H groups in total. The lowest BCUT2D eigenvalue weighted by Crippen LogP contribution is -2.41. The van der Waals surface area contributed by atoms with E-state index in [4.69, 9.17) is 9.72 Å². The third-order valence-corrected chi connectivity index (χ3v) is 5.54. The summed E-state index contributed by atoms with van der Waals surface area (Å²) in [6.45, 7) is 7.02. The second-order valence-corrected chi connectivity index (χ2v) is 7.43. The number of ether oxygens (including phenoxy) is 1. The average Bonchev–Trinajstić information content (AvgIpc) is 3.03. The first-order valence-electron chi connectivity index (χ1n) is 8.58. The zero-order chi connectivity index (χ0) is 17.2. The van der Waals surface area contributed by atoms with Crippen LogP contribution in [0, 0.1) is 6.92 Å². The number of fused-ring (bicyclic) bond motifs is 2. The summed E-state index contributed by atoms with van der Waals surface area (Å²) in [6.07, 6.45) is 0. The van der Waals surface area contributed by atoms with Crippen molar-refractivity contribution in [2.24, 2.45) is 0 Å². The molecule has 130 valence electrons. The number of rotatable bonds is 4. The predicted molar refractivity (Wildman–Crippen MR) is 101 cm³/mol. The number of morpholine rings is 1. The van der Waals surface area contributed by atoms with Gasteiger partial charge < -0.3 is 10.1 Å². The molecule has 3 heterocycles. The van der Waals surface area contributed by atoms with Crippen LogP contribution in [0.3, 0.4) is 0 Å². The molecule has 1 fully saturated rings. The van der Waals surface area contributed by atoms with Gasteiger partial charge in [0.1, 0.15) is 4.83 Å². The van der Waals surface area contributed by atoms with Crippen LogP contribution >= 0.6 is 11.3 Å². The third-order valence-electron chi connectivity index (χ3n) is 4.50. The molecule has 1 aliphatic rings. The van der Waals surface area contributed by atoms with Crippen molar-refractivity contribution >= 4 is 38.4 Å². The van der Waals surface area contributed by atoms with E-state index < -0.39 is 0 Å². The van der Waals surface area contributed by atoms with Crippen molar-refractivity contribution in [1.82, 2.24) is 15.2 Å². The molecule has 1 saturated heterocycles. The Bertz CT molecular complexity index is 916. The van der Waals surface area contributed by atoms with Crippen LogP contribution in [0.2, 0.25) is 0 Å². The van der Waals surface area contributed by atoms with Gasteiger partial charge in [-0.1, -0.05) is 12.1 Å². The Morgan fingerprint density at radius 2 is 2.08 bits per heavy atom. The van der Waals surface area contributed by atoms with E-state index in [9.17, 15) is 4.79 Å². The molecular formula is C19H21N3O2S. The second-order valence-electron chi connectivity index (χ2n) is 6.40. The monoisotopic (exact) mass is 355 g/mol. The summed E-state index contributed by atoms with van der Waals surface area (Å²) < 4.78 is 5.34. The molecule has 0 unspecified atom stereocenters. The van der Waals surface area contributed by atoms with E-state index in [1.165, 1.54) is 16.9 Å². The first-order valence-corrected chi connectivity index (χ1v) is 9.40. The minimum atomic E-state index is -0.0171. The number of carbonyl (C=O) groups excluding carboxylic acids is 1. The van der Waals surface area contributed by atoms with Crippen molar-refractivity contribution in [2.75, 3.05) is 39.4 Å². The van der Waals surface area contributed by atoms with Gasteiger partial charge in [0.05, 0.1) is 23.6 Å². The van der Waals surface area contributed by atoms with E-state index >= 15 is 0 Å². The maximum absolute atomic E-state index is 12.4. The number of aryl methyl sites for hydroxylation is 1. The predicted octanol–water partition coefficient (Wildman–Crippen LogP) is 2.82. The van der Waals surface area contributed by atoms with Crippen LogP contribution in [-0.2, 0) is 4.74 Å². The molecule has 1 aromatic carbocycles. The molecule has 0 bridgehead atoms. The Labute approximate surface area is 150 Å². The van der Waals surface area contributed by atoms with Gasteiger partial charge in [-0.25, -0.2) is 4.98 Å². The highest BCUT2D eigenvalue weighted by Gasteiger charge is 2.13. The Balaban J connectivity index is 1.46. The molecule has 0 saturated carbocycles. The molecule has 6 heteroatoms. The molecule has 1 aliphatic heterocycles. The highest BCUT2D eigenvalue weighted by Crippen LogP contribution is 2.27. The maximum atomic E-state index is 12.4. The summed E-state index contributed by atoms with van der Waals surface area (Å²) >= 11 is 1.46. The average molecular weight is 355 g/mol. The van der Waals surface area contributed by atoms with Crippen molar-refractivity contribution in [3.63, 3.8) is 0 Å². The number of pyridine rings is 1. The molecule has 0 atom stereocenters. The minimum absolute atomic E-state index is 0.0171. The summed E-state index contributed by atoms with van der Waals surface area (Å²) in [5, 5.41) is 5.15. The summed E-state index contributed by atoms with van der Waals surface area (Å²) in [6, 6.07) is 10.3. The van der Waals surface area contributed by atoms with E-state index in [1.54, 1.807) is 0 Å². The number of carbonyl (C=O) groups is 1. The number of nitrogens with one attached hydrogen (secondary N) is 1. The molecule has 1 amide bonds. The van der Waals surface area contributed by atoms with E-state index in [2.05, 4.69) is 41.4 Å².